The van der Waals surface area contributed by atoms with E-state index in [2.05, 4.69) is 20.1 Å². The standard InChI is InChI=1S/C18H34N4O/c1-4-18(2,23)13-20-17(19-3)22-9-7-21(8-10-22)16-12-14-5-6-15(16)11-14/h14-16,23H,4-13H2,1-3H3,(H,19,20). The van der Waals surface area contributed by atoms with Gasteiger partial charge in [0, 0.05) is 45.8 Å². The van der Waals surface area contributed by atoms with Crippen LogP contribution in [0.2, 0.25) is 0 Å². The molecule has 2 saturated carbocycles. The van der Waals surface area contributed by atoms with Crippen molar-refractivity contribution in [2.75, 3.05) is 39.8 Å². The molecule has 3 rings (SSSR count). The third-order valence-electron chi connectivity index (χ3n) is 6.38. The van der Waals surface area contributed by atoms with Gasteiger partial charge in [-0.3, -0.25) is 9.89 Å². The maximum absolute atomic E-state index is 10.2. The van der Waals surface area contributed by atoms with Gasteiger partial charge in [0.25, 0.3) is 0 Å². The molecular formula is C18H34N4O. The fraction of sp³-hybridized carbons (Fsp3) is 0.944. The van der Waals surface area contributed by atoms with Crippen LogP contribution in [0.4, 0.5) is 0 Å². The van der Waals surface area contributed by atoms with Gasteiger partial charge in [-0.05, 0) is 44.4 Å². The predicted octanol–water partition coefficient (Wildman–Crippen LogP) is 1.53. The first kappa shape index (κ1) is 17.0. The third-order valence-corrected chi connectivity index (χ3v) is 6.38. The lowest BCUT2D eigenvalue weighted by Crippen LogP contribution is -2.56. The summed E-state index contributed by atoms with van der Waals surface area (Å²) in [6.45, 7) is 8.84. The minimum absolute atomic E-state index is 0.558. The summed E-state index contributed by atoms with van der Waals surface area (Å²) in [6.07, 6.45) is 6.62. The summed E-state index contributed by atoms with van der Waals surface area (Å²) in [6, 6.07) is 0.853. The molecule has 2 bridgehead atoms. The maximum atomic E-state index is 10.2. The first-order valence-corrected chi connectivity index (χ1v) is 9.44. The minimum atomic E-state index is -0.666. The highest BCUT2D eigenvalue weighted by Crippen LogP contribution is 2.46. The van der Waals surface area contributed by atoms with Gasteiger partial charge in [-0.2, -0.15) is 0 Å². The molecule has 1 heterocycles. The second-order valence-electron chi connectivity index (χ2n) is 8.02. The molecule has 0 aromatic carbocycles. The van der Waals surface area contributed by atoms with Crippen LogP contribution in [0.3, 0.4) is 0 Å². The summed E-state index contributed by atoms with van der Waals surface area (Å²) in [4.78, 5) is 9.49. The molecule has 23 heavy (non-hydrogen) atoms. The van der Waals surface area contributed by atoms with E-state index in [4.69, 9.17) is 0 Å². The van der Waals surface area contributed by atoms with Crippen molar-refractivity contribution in [2.45, 2.75) is 57.6 Å². The van der Waals surface area contributed by atoms with Crippen LogP contribution >= 0.6 is 0 Å². The quantitative estimate of drug-likeness (QED) is 0.609. The van der Waals surface area contributed by atoms with Gasteiger partial charge in [0.1, 0.15) is 0 Å². The Morgan fingerprint density at radius 3 is 2.48 bits per heavy atom. The second kappa shape index (κ2) is 6.98. The Bertz CT molecular complexity index is 429. The SMILES string of the molecule is CCC(C)(O)CNC(=NC)N1CCN(C2CC3CCC2C3)CC1. The van der Waals surface area contributed by atoms with Crippen molar-refractivity contribution in [3.63, 3.8) is 0 Å². The lowest BCUT2D eigenvalue weighted by atomic mass is 9.93. The molecule has 2 N–H and O–H groups in total. The van der Waals surface area contributed by atoms with Gasteiger partial charge in [0.15, 0.2) is 5.96 Å². The average molecular weight is 322 g/mol. The van der Waals surface area contributed by atoms with E-state index in [0.29, 0.717) is 6.54 Å². The molecule has 4 unspecified atom stereocenters. The summed E-state index contributed by atoms with van der Waals surface area (Å²) in [5, 5.41) is 13.5. The van der Waals surface area contributed by atoms with E-state index in [1.165, 1.54) is 25.7 Å². The molecule has 5 heteroatoms. The number of hydrogen-bond acceptors (Lipinski definition) is 3. The predicted molar refractivity (Wildman–Crippen MR) is 94.7 cm³/mol. The normalized spacial score (nSPS) is 34.7. The van der Waals surface area contributed by atoms with Gasteiger partial charge in [-0.25, -0.2) is 0 Å². The van der Waals surface area contributed by atoms with Crippen molar-refractivity contribution in [3.8, 4) is 0 Å². The number of aliphatic imine (C=N–C) groups is 1. The minimum Gasteiger partial charge on any atom is -0.388 e. The van der Waals surface area contributed by atoms with Crippen molar-refractivity contribution in [2.24, 2.45) is 16.8 Å². The summed E-state index contributed by atoms with van der Waals surface area (Å²) < 4.78 is 0. The highest BCUT2D eigenvalue weighted by Gasteiger charge is 2.42. The van der Waals surface area contributed by atoms with E-state index in [-0.39, 0.29) is 0 Å². The van der Waals surface area contributed by atoms with Crippen LogP contribution in [-0.2, 0) is 0 Å². The lowest BCUT2D eigenvalue weighted by Gasteiger charge is -2.42. The second-order valence-corrected chi connectivity index (χ2v) is 8.02. The third kappa shape index (κ3) is 3.82. The summed E-state index contributed by atoms with van der Waals surface area (Å²) in [5.41, 5.74) is -0.666. The highest BCUT2D eigenvalue weighted by molar-refractivity contribution is 5.80. The van der Waals surface area contributed by atoms with Crippen LogP contribution in [0, 0.1) is 11.8 Å². The largest absolute Gasteiger partial charge is 0.388 e. The number of rotatable bonds is 4. The molecule has 0 amide bonds. The zero-order chi connectivity index (χ0) is 16.4. The van der Waals surface area contributed by atoms with Gasteiger partial charge < -0.3 is 15.3 Å². The van der Waals surface area contributed by atoms with E-state index >= 15 is 0 Å². The number of nitrogens with zero attached hydrogens (tertiary/aromatic N) is 3. The van der Waals surface area contributed by atoms with Crippen LogP contribution in [0.5, 0.6) is 0 Å². The van der Waals surface area contributed by atoms with Gasteiger partial charge in [0.2, 0.25) is 0 Å². The molecule has 1 aliphatic heterocycles. The zero-order valence-electron chi connectivity index (χ0n) is 15.1. The molecule has 3 fully saturated rings. The Balaban J connectivity index is 1.47. The van der Waals surface area contributed by atoms with Crippen molar-refractivity contribution in [3.05, 3.63) is 0 Å². The first-order valence-electron chi connectivity index (χ1n) is 9.44. The van der Waals surface area contributed by atoms with Crippen molar-refractivity contribution >= 4 is 5.96 Å². The van der Waals surface area contributed by atoms with Crippen LogP contribution in [0.15, 0.2) is 4.99 Å². The van der Waals surface area contributed by atoms with Gasteiger partial charge in [-0.15, -0.1) is 0 Å². The highest BCUT2D eigenvalue weighted by atomic mass is 16.3. The lowest BCUT2D eigenvalue weighted by molar-refractivity contribution is 0.0583. The molecule has 2 aliphatic carbocycles. The number of nitrogens with one attached hydrogen (secondary N) is 1. The van der Waals surface area contributed by atoms with Crippen molar-refractivity contribution in [1.29, 1.82) is 0 Å². The summed E-state index contributed by atoms with van der Waals surface area (Å²) in [7, 11) is 1.84. The van der Waals surface area contributed by atoms with E-state index in [1.807, 2.05) is 20.9 Å². The molecule has 1 saturated heterocycles. The van der Waals surface area contributed by atoms with Crippen molar-refractivity contribution in [1.82, 2.24) is 15.1 Å². The molecule has 132 valence electrons. The monoisotopic (exact) mass is 322 g/mol. The first-order chi connectivity index (χ1) is 11.0. The van der Waals surface area contributed by atoms with E-state index < -0.39 is 5.60 Å². The van der Waals surface area contributed by atoms with Crippen LogP contribution < -0.4 is 5.32 Å². The Labute approximate surface area is 141 Å². The number of hydrogen-bond donors (Lipinski definition) is 2. The fourth-order valence-corrected chi connectivity index (χ4v) is 4.65. The zero-order valence-corrected chi connectivity index (χ0v) is 15.1. The Hall–Kier alpha value is -0.810. The molecule has 0 spiro atoms. The van der Waals surface area contributed by atoms with E-state index in [0.717, 1.165) is 56.4 Å². The average Bonchev–Trinajstić information content (AvgIpc) is 3.19. The fourth-order valence-electron chi connectivity index (χ4n) is 4.65. The molecule has 0 aromatic rings. The van der Waals surface area contributed by atoms with Crippen LogP contribution in [0.1, 0.15) is 46.0 Å². The summed E-state index contributed by atoms with van der Waals surface area (Å²) in [5.74, 6) is 2.93. The molecule has 0 radical (unpaired) electrons. The van der Waals surface area contributed by atoms with E-state index in [9.17, 15) is 5.11 Å². The van der Waals surface area contributed by atoms with Crippen molar-refractivity contribution < 1.29 is 5.11 Å². The van der Waals surface area contributed by atoms with Gasteiger partial charge in [-0.1, -0.05) is 13.3 Å². The Morgan fingerprint density at radius 2 is 1.96 bits per heavy atom. The van der Waals surface area contributed by atoms with E-state index in [1.54, 1.807) is 0 Å². The Morgan fingerprint density at radius 1 is 1.22 bits per heavy atom. The smallest absolute Gasteiger partial charge is 0.193 e. The molecule has 3 aliphatic rings. The molecular weight excluding hydrogens is 288 g/mol. The summed E-state index contributed by atoms with van der Waals surface area (Å²) >= 11 is 0. The number of piperazine rings is 1. The van der Waals surface area contributed by atoms with Gasteiger partial charge in [0.05, 0.1) is 5.60 Å². The molecule has 5 nitrogen and oxygen atoms in total. The molecule has 0 aromatic heterocycles. The van der Waals surface area contributed by atoms with Crippen LogP contribution in [0.25, 0.3) is 0 Å². The molecule has 4 atom stereocenters. The topological polar surface area (TPSA) is 51.1 Å². The van der Waals surface area contributed by atoms with Gasteiger partial charge >= 0.3 is 0 Å². The number of fused-ring (bicyclic) bond motifs is 2. The Kier molecular flexibility index (Phi) is 5.16. The number of guanidine groups is 1. The maximum Gasteiger partial charge on any atom is 0.193 e. The number of aliphatic hydroxyl groups is 1. The van der Waals surface area contributed by atoms with Crippen LogP contribution in [-0.4, -0.2) is 72.3 Å².